The number of carboxylic acids is 1. The fraction of sp³-hybridized carbons (Fsp3) is 0.857. The highest BCUT2D eigenvalue weighted by Crippen LogP contribution is 2.12. The molecule has 21 heavy (non-hydrogen) atoms. The average molecular weight is 302 g/mol. The second kappa shape index (κ2) is 7.61. The number of ether oxygens (including phenoxy) is 1. The molecule has 1 saturated heterocycles. The molecule has 0 saturated carbocycles. The highest BCUT2D eigenvalue weighted by molar-refractivity contribution is 5.68. The molecule has 0 aromatic rings. The Morgan fingerprint density at radius 3 is 2.43 bits per heavy atom. The number of rotatable bonds is 4. The fourth-order valence-electron chi connectivity index (χ4n) is 2.23. The maximum atomic E-state index is 12.0. The summed E-state index contributed by atoms with van der Waals surface area (Å²) in [5.74, 6) is -1.01. The number of aliphatic hydroxyl groups is 1. The molecule has 0 aromatic heterocycles. The number of β-amino-alcohol motifs (C(OH)–C–C–N with tert-alkyl or cyclic N) is 1. The van der Waals surface area contributed by atoms with Gasteiger partial charge in [0.25, 0.3) is 0 Å². The van der Waals surface area contributed by atoms with E-state index in [1.807, 2.05) is 25.7 Å². The van der Waals surface area contributed by atoms with Gasteiger partial charge in [0.15, 0.2) is 0 Å². The average Bonchev–Trinajstić information content (AvgIpc) is 2.51. The summed E-state index contributed by atoms with van der Waals surface area (Å²) < 4.78 is 5.34. The van der Waals surface area contributed by atoms with Crippen molar-refractivity contribution in [2.75, 3.05) is 32.7 Å². The van der Waals surface area contributed by atoms with Gasteiger partial charge < -0.3 is 19.8 Å². The topological polar surface area (TPSA) is 90.3 Å². The highest BCUT2D eigenvalue weighted by atomic mass is 16.6. The number of amides is 1. The van der Waals surface area contributed by atoms with Crippen LogP contribution in [-0.4, -0.2) is 76.5 Å². The second-order valence-electron chi connectivity index (χ2n) is 6.37. The van der Waals surface area contributed by atoms with Gasteiger partial charge in [-0.05, 0) is 33.7 Å². The lowest BCUT2D eigenvalue weighted by Crippen LogP contribution is -2.40. The third-order valence-electron chi connectivity index (χ3n) is 3.12. The molecule has 0 bridgehead atoms. The summed E-state index contributed by atoms with van der Waals surface area (Å²) >= 11 is 0. The fourth-order valence-corrected chi connectivity index (χ4v) is 2.23. The van der Waals surface area contributed by atoms with Crippen LogP contribution in [0.2, 0.25) is 0 Å². The number of carbonyl (C=O) groups is 2. The quantitative estimate of drug-likeness (QED) is 0.797. The van der Waals surface area contributed by atoms with Crippen LogP contribution in [0, 0.1) is 0 Å². The first-order valence-electron chi connectivity index (χ1n) is 7.27. The first-order chi connectivity index (χ1) is 9.67. The maximum Gasteiger partial charge on any atom is 0.410 e. The summed E-state index contributed by atoms with van der Waals surface area (Å²) in [4.78, 5) is 26.2. The second-order valence-corrected chi connectivity index (χ2v) is 6.37. The van der Waals surface area contributed by atoms with Gasteiger partial charge in [-0.3, -0.25) is 9.69 Å². The minimum Gasteiger partial charge on any atom is -0.481 e. The Kier molecular flexibility index (Phi) is 6.42. The van der Waals surface area contributed by atoms with Crippen molar-refractivity contribution >= 4 is 12.1 Å². The number of hydrogen-bond donors (Lipinski definition) is 2. The third kappa shape index (κ3) is 7.29. The molecule has 0 radical (unpaired) electrons. The van der Waals surface area contributed by atoms with Crippen LogP contribution in [0.4, 0.5) is 4.79 Å². The Bertz CT molecular complexity index is 367. The van der Waals surface area contributed by atoms with Crippen molar-refractivity contribution in [2.24, 2.45) is 0 Å². The Labute approximate surface area is 125 Å². The van der Waals surface area contributed by atoms with Crippen molar-refractivity contribution in [1.82, 2.24) is 9.80 Å². The van der Waals surface area contributed by atoms with Gasteiger partial charge in [-0.25, -0.2) is 4.79 Å². The summed E-state index contributed by atoms with van der Waals surface area (Å²) in [5.41, 5.74) is -0.513. The zero-order valence-electron chi connectivity index (χ0n) is 13.0. The number of nitrogens with zero attached hydrogens (tertiary/aromatic N) is 2. The van der Waals surface area contributed by atoms with E-state index in [0.29, 0.717) is 26.2 Å². The molecule has 0 spiro atoms. The van der Waals surface area contributed by atoms with E-state index in [-0.39, 0.29) is 12.5 Å². The molecule has 1 rings (SSSR count). The van der Waals surface area contributed by atoms with E-state index in [4.69, 9.17) is 9.84 Å². The first-order valence-corrected chi connectivity index (χ1v) is 7.27. The smallest absolute Gasteiger partial charge is 0.410 e. The van der Waals surface area contributed by atoms with Gasteiger partial charge in [-0.2, -0.15) is 0 Å². The summed E-state index contributed by atoms with van der Waals surface area (Å²) in [7, 11) is 0. The Morgan fingerprint density at radius 2 is 1.86 bits per heavy atom. The van der Waals surface area contributed by atoms with E-state index in [1.165, 1.54) is 0 Å². The Hall–Kier alpha value is -1.34. The molecule has 0 aromatic carbocycles. The lowest BCUT2D eigenvalue weighted by molar-refractivity contribution is -0.139. The summed E-state index contributed by atoms with van der Waals surface area (Å²) in [6.45, 7) is 8.28. The van der Waals surface area contributed by atoms with Crippen LogP contribution in [0.1, 0.15) is 33.6 Å². The molecule has 1 unspecified atom stereocenters. The number of hydrogen-bond acceptors (Lipinski definition) is 5. The van der Waals surface area contributed by atoms with E-state index in [2.05, 4.69) is 0 Å². The molecule has 1 fully saturated rings. The van der Waals surface area contributed by atoms with Crippen molar-refractivity contribution in [2.45, 2.75) is 45.3 Å². The van der Waals surface area contributed by atoms with E-state index >= 15 is 0 Å². The third-order valence-corrected chi connectivity index (χ3v) is 3.12. The van der Waals surface area contributed by atoms with Crippen LogP contribution < -0.4 is 0 Å². The lowest BCUT2D eigenvalue weighted by Gasteiger charge is -2.26. The van der Waals surface area contributed by atoms with Crippen molar-refractivity contribution in [1.29, 1.82) is 0 Å². The predicted octanol–water partition coefficient (Wildman–Crippen LogP) is 0.765. The summed E-state index contributed by atoms with van der Waals surface area (Å²) in [6, 6.07) is 0. The maximum absolute atomic E-state index is 12.0. The van der Waals surface area contributed by atoms with Crippen molar-refractivity contribution in [3.05, 3.63) is 0 Å². The molecule has 122 valence electrons. The van der Waals surface area contributed by atoms with Crippen LogP contribution in [0.3, 0.4) is 0 Å². The van der Waals surface area contributed by atoms with E-state index < -0.39 is 17.7 Å². The van der Waals surface area contributed by atoms with Gasteiger partial charge >= 0.3 is 12.1 Å². The molecule has 1 amide bonds. The van der Waals surface area contributed by atoms with Gasteiger partial charge in [0.2, 0.25) is 0 Å². The zero-order chi connectivity index (χ0) is 16.0. The largest absolute Gasteiger partial charge is 0.481 e. The van der Waals surface area contributed by atoms with Crippen LogP contribution in [0.15, 0.2) is 0 Å². The molecule has 0 aliphatic carbocycles. The highest BCUT2D eigenvalue weighted by Gasteiger charge is 2.25. The number of aliphatic hydroxyl groups excluding tert-OH is 1. The summed E-state index contributed by atoms with van der Waals surface area (Å²) in [6.07, 6.45) is -0.684. The molecule has 7 nitrogen and oxygen atoms in total. The lowest BCUT2D eigenvalue weighted by atomic mass is 10.2. The van der Waals surface area contributed by atoms with Gasteiger partial charge in [-0.15, -0.1) is 0 Å². The number of carboxylic acid groups (broad SMARTS) is 1. The first kappa shape index (κ1) is 17.7. The molecule has 1 atom stereocenters. The van der Waals surface area contributed by atoms with Gasteiger partial charge in [0, 0.05) is 26.2 Å². The van der Waals surface area contributed by atoms with E-state index in [1.54, 1.807) is 4.90 Å². The SMILES string of the molecule is CC(C)(C)OC(=O)N1CCCN(CC(O)CC(=O)O)CC1. The number of carbonyl (C=O) groups excluding carboxylic acids is 1. The number of aliphatic carboxylic acids is 1. The Balaban J connectivity index is 2.43. The van der Waals surface area contributed by atoms with E-state index in [0.717, 1.165) is 13.0 Å². The van der Waals surface area contributed by atoms with E-state index in [9.17, 15) is 14.7 Å². The van der Waals surface area contributed by atoms with Crippen LogP contribution in [-0.2, 0) is 9.53 Å². The monoisotopic (exact) mass is 302 g/mol. The predicted molar refractivity (Wildman–Crippen MR) is 77.1 cm³/mol. The van der Waals surface area contributed by atoms with Crippen molar-refractivity contribution in [3.8, 4) is 0 Å². The van der Waals surface area contributed by atoms with Gasteiger partial charge in [0.05, 0.1) is 12.5 Å². The van der Waals surface area contributed by atoms with Gasteiger partial charge in [-0.1, -0.05) is 0 Å². The minimum atomic E-state index is -1.01. The minimum absolute atomic E-state index is 0.258. The van der Waals surface area contributed by atoms with Crippen molar-refractivity contribution in [3.63, 3.8) is 0 Å². The van der Waals surface area contributed by atoms with Crippen molar-refractivity contribution < 1.29 is 24.5 Å². The van der Waals surface area contributed by atoms with Crippen LogP contribution in [0.5, 0.6) is 0 Å². The Morgan fingerprint density at radius 1 is 1.19 bits per heavy atom. The molecule has 7 heteroatoms. The molecule has 2 N–H and O–H groups in total. The summed E-state index contributed by atoms with van der Waals surface area (Å²) in [5, 5.41) is 18.3. The van der Waals surface area contributed by atoms with Gasteiger partial charge in [0.1, 0.15) is 5.60 Å². The molecule has 1 heterocycles. The molecule has 1 aliphatic rings. The molecular formula is C14H26N2O5. The van der Waals surface area contributed by atoms with Crippen LogP contribution in [0.25, 0.3) is 0 Å². The zero-order valence-corrected chi connectivity index (χ0v) is 13.0. The van der Waals surface area contributed by atoms with Crippen LogP contribution >= 0.6 is 0 Å². The molecular weight excluding hydrogens is 276 g/mol. The normalized spacial score (nSPS) is 19.0. The molecule has 1 aliphatic heterocycles. The standard InChI is InChI=1S/C14H26N2O5/c1-14(2,3)21-13(20)16-6-4-5-15(7-8-16)10-11(17)9-12(18)19/h11,17H,4-10H2,1-3H3,(H,18,19).